The molecular formula is C8H6BF6O-. The van der Waals surface area contributed by atoms with Gasteiger partial charge < -0.3 is 17.7 Å². The summed E-state index contributed by atoms with van der Waals surface area (Å²) in [5.74, 6) is -0.243. The first kappa shape index (κ1) is 12.7. The number of rotatable bonds is 3. The van der Waals surface area contributed by atoms with Gasteiger partial charge in [-0.1, -0.05) is 0 Å². The summed E-state index contributed by atoms with van der Waals surface area (Å²) in [5.41, 5.74) is -0.933. The molecule has 0 saturated carbocycles. The van der Waals surface area contributed by atoms with E-state index in [2.05, 4.69) is 4.74 Å². The van der Waals surface area contributed by atoms with E-state index in [-0.39, 0.29) is 5.75 Å². The molecule has 1 aromatic rings. The highest BCUT2D eigenvalue weighted by Gasteiger charge is 2.30. The van der Waals surface area contributed by atoms with Crippen LogP contribution in [0, 0.1) is 0 Å². The van der Waals surface area contributed by atoms with Crippen LogP contribution in [0.15, 0.2) is 24.3 Å². The number of benzene rings is 1. The van der Waals surface area contributed by atoms with Gasteiger partial charge in [0, 0.05) is 0 Å². The van der Waals surface area contributed by atoms with Crippen molar-refractivity contribution in [2.24, 2.45) is 0 Å². The van der Waals surface area contributed by atoms with Gasteiger partial charge in [0.05, 0.1) is 12.1 Å². The first-order chi connectivity index (χ1) is 7.18. The van der Waals surface area contributed by atoms with Crippen molar-refractivity contribution in [1.82, 2.24) is 0 Å². The van der Waals surface area contributed by atoms with Crippen molar-refractivity contribution in [1.29, 1.82) is 0 Å². The fourth-order valence-electron chi connectivity index (χ4n) is 0.931. The number of halogens is 6. The predicted molar refractivity (Wildman–Crippen MR) is 46.0 cm³/mol. The maximum atomic E-state index is 12.1. The monoisotopic (exact) mass is 243 g/mol. The number of alkyl halides is 3. The van der Waals surface area contributed by atoms with Crippen molar-refractivity contribution in [3.8, 4) is 5.75 Å². The molecule has 1 aromatic carbocycles. The highest BCUT2D eigenvalue weighted by atomic mass is 19.4. The van der Waals surface area contributed by atoms with Crippen LogP contribution in [0.1, 0.15) is 5.56 Å². The van der Waals surface area contributed by atoms with Gasteiger partial charge >= 0.3 is 13.2 Å². The Kier molecular flexibility index (Phi) is 3.40. The summed E-state index contributed by atoms with van der Waals surface area (Å²) in [4.78, 5) is 0. The average Bonchev–Trinajstić information content (AvgIpc) is 2.13. The summed E-state index contributed by atoms with van der Waals surface area (Å²) in [6.07, 6.45) is -4.51. The third-order valence-electron chi connectivity index (χ3n) is 1.62. The van der Waals surface area contributed by atoms with E-state index in [4.69, 9.17) is 0 Å². The van der Waals surface area contributed by atoms with E-state index in [0.717, 1.165) is 12.1 Å². The lowest BCUT2D eigenvalue weighted by Gasteiger charge is -2.15. The van der Waals surface area contributed by atoms with Crippen LogP contribution in [0.4, 0.5) is 26.1 Å². The molecule has 0 N–H and O–H groups in total. The number of ether oxygens (including phenoxy) is 1. The Balaban J connectivity index is 2.66. The van der Waals surface area contributed by atoms with E-state index in [1.807, 2.05) is 0 Å². The Morgan fingerprint density at radius 3 is 1.88 bits per heavy atom. The Morgan fingerprint density at radius 2 is 1.50 bits per heavy atom. The first-order valence-electron chi connectivity index (χ1n) is 4.19. The zero-order valence-electron chi connectivity index (χ0n) is 7.77. The highest BCUT2D eigenvalue weighted by molar-refractivity contribution is 6.58. The summed E-state index contributed by atoms with van der Waals surface area (Å²) < 4.78 is 75.8. The molecular weight excluding hydrogens is 237 g/mol. The van der Waals surface area contributed by atoms with Crippen LogP contribution in [0.5, 0.6) is 5.75 Å². The lowest BCUT2D eigenvalue weighted by Crippen LogP contribution is -2.26. The molecule has 0 spiro atoms. The zero-order chi connectivity index (χ0) is 12.4. The molecule has 90 valence electrons. The van der Waals surface area contributed by atoms with Crippen LogP contribution >= 0.6 is 0 Å². The lowest BCUT2D eigenvalue weighted by atomic mass is 9.95. The molecule has 0 fully saturated rings. The molecule has 16 heavy (non-hydrogen) atoms. The van der Waals surface area contributed by atoms with E-state index >= 15 is 0 Å². The van der Waals surface area contributed by atoms with Crippen molar-refractivity contribution in [2.75, 3.05) is 6.51 Å². The second-order valence-corrected chi connectivity index (χ2v) is 3.04. The largest absolute Gasteiger partial charge is 0.522 e. The second-order valence-electron chi connectivity index (χ2n) is 3.04. The molecule has 0 unspecified atom stereocenters. The molecule has 1 nitrogen and oxygen atoms in total. The van der Waals surface area contributed by atoms with Gasteiger partial charge in [0.1, 0.15) is 5.75 Å². The van der Waals surface area contributed by atoms with E-state index in [1.165, 1.54) is 0 Å². The Hall–Kier alpha value is -1.34. The summed E-state index contributed by atoms with van der Waals surface area (Å²) in [6.45, 7) is -6.57. The van der Waals surface area contributed by atoms with Crippen LogP contribution in [0.2, 0.25) is 0 Å². The van der Waals surface area contributed by atoms with Crippen LogP contribution in [-0.4, -0.2) is 13.5 Å². The van der Waals surface area contributed by atoms with Gasteiger partial charge in [-0.3, -0.25) is 0 Å². The summed E-state index contributed by atoms with van der Waals surface area (Å²) in [6, 6.07) is 3.03. The van der Waals surface area contributed by atoms with Crippen LogP contribution < -0.4 is 4.74 Å². The smallest absolute Gasteiger partial charge is 0.515 e. The predicted octanol–water partition coefficient (Wildman–Crippen LogP) is 3.47. The van der Waals surface area contributed by atoms with Gasteiger partial charge in [0.15, 0.2) is 0 Å². The third-order valence-corrected chi connectivity index (χ3v) is 1.62. The molecule has 0 aromatic heterocycles. The van der Waals surface area contributed by atoms with E-state index in [0.29, 0.717) is 12.1 Å². The molecule has 0 bridgehead atoms. The topological polar surface area (TPSA) is 9.23 Å². The quantitative estimate of drug-likeness (QED) is 0.583. The van der Waals surface area contributed by atoms with Gasteiger partial charge in [-0.05, 0) is 24.3 Å². The average molecular weight is 243 g/mol. The Morgan fingerprint density at radius 1 is 1.00 bits per heavy atom. The van der Waals surface area contributed by atoms with E-state index in [9.17, 15) is 26.1 Å². The van der Waals surface area contributed by atoms with Crippen LogP contribution in [0.25, 0.3) is 0 Å². The lowest BCUT2D eigenvalue weighted by molar-refractivity contribution is -0.137. The zero-order valence-corrected chi connectivity index (χ0v) is 7.77. The van der Waals surface area contributed by atoms with Gasteiger partial charge in [0.25, 0.3) is 0 Å². The molecule has 1 rings (SSSR count). The van der Waals surface area contributed by atoms with Crippen molar-refractivity contribution < 1.29 is 30.9 Å². The Labute approximate surface area is 87.1 Å². The minimum absolute atomic E-state index is 0.243. The van der Waals surface area contributed by atoms with E-state index in [1.54, 1.807) is 0 Å². The molecule has 0 radical (unpaired) electrons. The van der Waals surface area contributed by atoms with Crippen molar-refractivity contribution in [2.45, 2.75) is 6.18 Å². The number of hydrogen-bond donors (Lipinski definition) is 0. The molecule has 0 heterocycles. The second kappa shape index (κ2) is 4.27. The minimum atomic E-state index is -5.11. The van der Waals surface area contributed by atoms with Crippen molar-refractivity contribution in [3.05, 3.63) is 29.8 Å². The first-order valence-corrected chi connectivity index (χ1v) is 4.19. The minimum Gasteiger partial charge on any atom is -0.522 e. The van der Waals surface area contributed by atoms with Crippen molar-refractivity contribution in [3.63, 3.8) is 0 Å². The maximum absolute atomic E-state index is 12.1. The molecule has 8 heteroatoms. The third kappa shape index (κ3) is 4.04. The van der Waals surface area contributed by atoms with Gasteiger partial charge in [-0.2, -0.15) is 13.2 Å². The molecule has 0 atom stereocenters. The van der Waals surface area contributed by atoms with Crippen LogP contribution in [-0.2, 0) is 6.18 Å². The summed E-state index contributed by atoms with van der Waals surface area (Å²) in [5, 5.41) is 0. The normalized spacial score (nSPS) is 12.6. The standard InChI is InChI=1S/C8H6BF6O/c10-8(11,12)6-1-3-7(4-2-6)16-5-9(13,14)15/h1-4H,5H2/q-1. The van der Waals surface area contributed by atoms with E-state index < -0.39 is 25.2 Å². The highest BCUT2D eigenvalue weighted by Crippen LogP contribution is 2.30. The fourth-order valence-corrected chi connectivity index (χ4v) is 0.931. The maximum Gasteiger partial charge on any atom is 0.515 e. The van der Waals surface area contributed by atoms with Gasteiger partial charge in [-0.25, -0.2) is 0 Å². The number of hydrogen-bond acceptors (Lipinski definition) is 1. The fraction of sp³-hybridized carbons (Fsp3) is 0.250. The van der Waals surface area contributed by atoms with Crippen LogP contribution in [0.3, 0.4) is 0 Å². The Bertz CT molecular complexity index is 341. The summed E-state index contributed by atoms with van der Waals surface area (Å²) >= 11 is 0. The van der Waals surface area contributed by atoms with Gasteiger partial charge in [-0.15, -0.1) is 0 Å². The van der Waals surface area contributed by atoms with Crippen molar-refractivity contribution >= 4 is 6.98 Å². The molecule has 0 amide bonds. The summed E-state index contributed by atoms with van der Waals surface area (Å²) in [7, 11) is 0. The molecule has 0 aliphatic carbocycles. The molecule has 0 saturated heterocycles. The molecule has 0 aliphatic heterocycles. The molecule has 0 aliphatic rings. The SMILES string of the molecule is F[B-](F)(F)COc1ccc(C(F)(F)F)cc1. The van der Waals surface area contributed by atoms with Gasteiger partial charge in [0.2, 0.25) is 0 Å².